The van der Waals surface area contributed by atoms with E-state index in [0.717, 1.165) is 18.5 Å². The molecule has 0 saturated heterocycles. The van der Waals surface area contributed by atoms with Crippen molar-refractivity contribution in [1.29, 1.82) is 0 Å². The zero-order valence-electron chi connectivity index (χ0n) is 10.2. The molecule has 1 amide bonds. The van der Waals surface area contributed by atoms with Crippen molar-refractivity contribution in [3.05, 3.63) is 24.5 Å². The van der Waals surface area contributed by atoms with Crippen molar-refractivity contribution in [2.75, 3.05) is 18.5 Å². The van der Waals surface area contributed by atoms with Crippen LogP contribution in [0.3, 0.4) is 0 Å². The van der Waals surface area contributed by atoms with E-state index in [0.29, 0.717) is 13.0 Å². The third-order valence-corrected chi connectivity index (χ3v) is 3.80. The van der Waals surface area contributed by atoms with Crippen molar-refractivity contribution >= 4 is 11.6 Å². The average Bonchev–Trinajstić information content (AvgIpc) is 2.33. The number of nitrogens with zero attached hydrogens (tertiary/aromatic N) is 2. The second-order valence-corrected chi connectivity index (χ2v) is 4.89. The van der Waals surface area contributed by atoms with Gasteiger partial charge in [0.15, 0.2) is 0 Å². The fourth-order valence-corrected chi connectivity index (χ4v) is 2.28. The van der Waals surface area contributed by atoms with Gasteiger partial charge in [-0.1, -0.05) is 6.42 Å². The molecule has 0 unspecified atom stereocenters. The summed E-state index contributed by atoms with van der Waals surface area (Å²) in [5.74, 6) is 0.140. The van der Waals surface area contributed by atoms with Crippen molar-refractivity contribution < 1.29 is 4.79 Å². The molecule has 0 aromatic carbocycles. The van der Waals surface area contributed by atoms with E-state index in [4.69, 9.17) is 5.73 Å². The molecule has 0 spiro atoms. The molecule has 1 aliphatic carbocycles. The highest BCUT2D eigenvalue weighted by molar-refractivity contribution is 5.93. The van der Waals surface area contributed by atoms with Crippen LogP contribution in [0.15, 0.2) is 24.5 Å². The second kappa shape index (κ2) is 4.84. The van der Waals surface area contributed by atoms with Gasteiger partial charge in [-0.3, -0.25) is 9.78 Å². The largest absolute Gasteiger partial charge is 0.330 e. The number of anilines is 1. The Morgan fingerprint density at radius 2 is 2.12 bits per heavy atom. The Balaban J connectivity index is 2.01. The first-order valence-electron chi connectivity index (χ1n) is 6.03. The number of carbonyl (C=O) groups is 1. The molecule has 2 N–H and O–H groups in total. The molecule has 0 radical (unpaired) electrons. The third-order valence-electron chi connectivity index (χ3n) is 3.80. The number of pyridine rings is 1. The summed E-state index contributed by atoms with van der Waals surface area (Å²) < 4.78 is 0. The van der Waals surface area contributed by atoms with Gasteiger partial charge >= 0.3 is 0 Å². The molecule has 1 fully saturated rings. The number of carbonyl (C=O) groups excluding carboxylic acids is 1. The van der Waals surface area contributed by atoms with Crippen LogP contribution in [-0.4, -0.2) is 24.5 Å². The van der Waals surface area contributed by atoms with E-state index in [9.17, 15) is 4.79 Å². The molecule has 92 valence electrons. The molecule has 17 heavy (non-hydrogen) atoms. The van der Waals surface area contributed by atoms with Crippen molar-refractivity contribution in [3.8, 4) is 0 Å². The average molecular weight is 233 g/mol. The first-order valence-corrected chi connectivity index (χ1v) is 6.03. The molecule has 1 aromatic rings. The molecule has 1 aromatic heterocycles. The van der Waals surface area contributed by atoms with Gasteiger partial charge in [0.2, 0.25) is 5.91 Å². The SMILES string of the molecule is CN(C(=O)CC1(CN)CCC1)c1ccncc1. The molecule has 1 aliphatic rings. The third kappa shape index (κ3) is 2.47. The summed E-state index contributed by atoms with van der Waals surface area (Å²) in [6.45, 7) is 0.614. The van der Waals surface area contributed by atoms with Crippen molar-refractivity contribution in [2.24, 2.45) is 11.1 Å². The van der Waals surface area contributed by atoms with Crippen LogP contribution < -0.4 is 10.6 Å². The van der Waals surface area contributed by atoms with E-state index < -0.39 is 0 Å². The minimum atomic E-state index is 0.0678. The summed E-state index contributed by atoms with van der Waals surface area (Å²) in [5.41, 5.74) is 6.73. The Morgan fingerprint density at radius 1 is 1.47 bits per heavy atom. The van der Waals surface area contributed by atoms with Crippen LogP contribution in [0.1, 0.15) is 25.7 Å². The summed E-state index contributed by atoms with van der Waals surface area (Å²) in [4.78, 5) is 17.8. The Hall–Kier alpha value is -1.42. The molecule has 0 atom stereocenters. The molecule has 1 saturated carbocycles. The Morgan fingerprint density at radius 3 is 2.59 bits per heavy atom. The quantitative estimate of drug-likeness (QED) is 0.858. The Labute approximate surface area is 102 Å². The maximum Gasteiger partial charge on any atom is 0.227 e. The summed E-state index contributed by atoms with van der Waals surface area (Å²) in [6.07, 6.45) is 7.31. The first-order chi connectivity index (χ1) is 8.17. The highest BCUT2D eigenvalue weighted by Crippen LogP contribution is 2.43. The highest BCUT2D eigenvalue weighted by atomic mass is 16.2. The van der Waals surface area contributed by atoms with Gasteiger partial charge in [0, 0.05) is 31.5 Å². The van der Waals surface area contributed by atoms with E-state index in [2.05, 4.69) is 4.98 Å². The number of aromatic nitrogens is 1. The minimum Gasteiger partial charge on any atom is -0.330 e. The molecule has 4 nitrogen and oxygen atoms in total. The van der Waals surface area contributed by atoms with Gasteiger partial charge in [-0.05, 0) is 36.9 Å². The predicted molar refractivity (Wildman–Crippen MR) is 67.6 cm³/mol. The molecule has 1 heterocycles. The van der Waals surface area contributed by atoms with Gasteiger partial charge in [-0.2, -0.15) is 0 Å². The molecule has 4 heteroatoms. The zero-order chi connectivity index (χ0) is 12.3. The molecular formula is C13H19N3O. The van der Waals surface area contributed by atoms with Crippen LogP contribution in [0.2, 0.25) is 0 Å². The molecule has 2 rings (SSSR count). The van der Waals surface area contributed by atoms with Gasteiger partial charge in [0.1, 0.15) is 0 Å². The lowest BCUT2D eigenvalue weighted by molar-refractivity contribution is -0.121. The summed E-state index contributed by atoms with van der Waals surface area (Å²) in [5, 5.41) is 0. The molecule has 0 bridgehead atoms. The van der Waals surface area contributed by atoms with Gasteiger partial charge in [-0.15, -0.1) is 0 Å². The number of hydrogen-bond donors (Lipinski definition) is 1. The van der Waals surface area contributed by atoms with Gasteiger partial charge < -0.3 is 10.6 Å². The summed E-state index contributed by atoms with van der Waals surface area (Å²) >= 11 is 0. The van der Waals surface area contributed by atoms with Crippen molar-refractivity contribution in [3.63, 3.8) is 0 Å². The smallest absolute Gasteiger partial charge is 0.227 e. The standard InChI is InChI=1S/C13H19N3O/c1-16(11-3-7-15-8-4-11)12(17)9-13(10-14)5-2-6-13/h3-4,7-8H,2,5-6,9-10,14H2,1H3. The van der Waals surface area contributed by atoms with Gasteiger partial charge in [0.25, 0.3) is 0 Å². The fraction of sp³-hybridized carbons (Fsp3) is 0.538. The number of rotatable bonds is 4. The topological polar surface area (TPSA) is 59.2 Å². The lowest BCUT2D eigenvalue weighted by atomic mass is 9.66. The van der Waals surface area contributed by atoms with Gasteiger partial charge in [0.05, 0.1) is 0 Å². The lowest BCUT2D eigenvalue weighted by Crippen LogP contribution is -2.42. The summed E-state index contributed by atoms with van der Waals surface area (Å²) in [7, 11) is 1.81. The Kier molecular flexibility index (Phi) is 3.43. The lowest BCUT2D eigenvalue weighted by Gasteiger charge is -2.41. The zero-order valence-corrected chi connectivity index (χ0v) is 10.2. The van der Waals surface area contributed by atoms with Crippen LogP contribution >= 0.6 is 0 Å². The van der Waals surface area contributed by atoms with Crippen LogP contribution in [0.4, 0.5) is 5.69 Å². The highest BCUT2D eigenvalue weighted by Gasteiger charge is 2.38. The molecular weight excluding hydrogens is 214 g/mol. The van der Waals surface area contributed by atoms with Crippen molar-refractivity contribution in [2.45, 2.75) is 25.7 Å². The monoisotopic (exact) mass is 233 g/mol. The van der Waals surface area contributed by atoms with Crippen LogP contribution in [0.25, 0.3) is 0 Å². The summed E-state index contributed by atoms with van der Waals surface area (Å²) in [6, 6.07) is 3.68. The van der Waals surface area contributed by atoms with E-state index in [-0.39, 0.29) is 11.3 Å². The number of amides is 1. The normalized spacial score (nSPS) is 17.3. The Bertz CT molecular complexity index is 381. The van der Waals surface area contributed by atoms with E-state index in [1.807, 2.05) is 12.1 Å². The van der Waals surface area contributed by atoms with Gasteiger partial charge in [-0.25, -0.2) is 0 Å². The van der Waals surface area contributed by atoms with Crippen LogP contribution in [0, 0.1) is 5.41 Å². The second-order valence-electron chi connectivity index (χ2n) is 4.89. The fourth-order valence-electron chi connectivity index (χ4n) is 2.28. The maximum absolute atomic E-state index is 12.2. The van der Waals surface area contributed by atoms with E-state index >= 15 is 0 Å². The van der Waals surface area contributed by atoms with Crippen LogP contribution in [0.5, 0.6) is 0 Å². The van der Waals surface area contributed by atoms with E-state index in [1.165, 1.54) is 6.42 Å². The predicted octanol–water partition coefficient (Wildman–Crippen LogP) is 1.56. The van der Waals surface area contributed by atoms with Crippen molar-refractivity contribution in [1.82, 2.24) is 4.98 Å². The van der Waals surface area contributed by atoms with Crippen LogP contribution in [-0.2, 0) is 4.79 Å². The van der Waals surface area contributed by atoms with E-state index in [1.54, 1.807) is 24.3 Å². The maximum atomic E-state index is 12.2. The number of hydrogen-bond acceptors (Lipinski definition) is 3. The minimum absolute atomic E-state index is 0.0678. The number of nitrogens with two attached hydrogens (primary N) is 1. The molecule has 0 aliphatic heterocycles. The first kappa shape index (κ1) is 12.0.